The fourth-order valence-corrected chi connectivity index (χ4v) is 2.51. The van der Waals surface area contributed by atoms with Gasteiger partial charge in [0.2, 0.25) is 0 Å². The van der Waals surface area contributed by atoms with Crippen LogP contribution in [0.3, 0.4) is 0 Å². The number of furan rings is 1. The first-order valence-corrected chi connectivity index (χ1v) is 5.47. The predicted molar refractivity (Wildman–Crippen MR) is 60.7 cm³/mol. The number of esters is 1. The van der Waals surface area contributed by atoms with Crippen LogP contribution >= 0.6 is 0 Å². The summed E-state index contributed by atoms with van der Waals surface area (Å²) in [6, 6.07) is 3.29. The molecule has 2 heterocycles. The van der Waals surface area contributed by atoms with Crippen molar-refractivity contribution in [3.05, 3.63) is 34.3 Å². The quantitative estimate of drug-likeness (QED) is 0.443. The Bertz CT molecular complexity index is 458. The zero-order valence-corrected chi connectivity index (χ0v) is 10.2. The Labute approximate surface area is 103 Å². The molecule has 0 amide bonds. The van der Waals surface area contributed by atoms with Gasteiger partial charge in [0.1, 0.15) is 11.7 Å². The molecule has 0 unspecified atom stereocenters. The number of carbonyl (C=O) groups excluding carboxylic acids is 1. The first-order valence-electron chi connectivity index (χ1n) is 5.47. The molecule has 18 heavy (non-hydrogen) atoms. The van der Waals surface area contributed by atoms with Gasteiger partial charge in [-0.2, -0.15) is 0 Å². The predicted octanol–water partition coefficient (Wildman–Crippen LogP) is 0.497. The molecule has 1 aromatic heterocycles. The topological polar surface area (TPSA) is 85.8 Å². The lowest BCUT2D eigenvalue weighted by Crippen LogP contribution is -2.52. The Morgan fingerprint density at radius 2 is 2.44 bits per heavy atom. The molecule has 1 aromatic rings. The Morgan fingerprint density at radius 1 is 1.72 bits per heavy atom. The molecule has 98 valence electrons. The van der Waals surface area contributed by atoms with E-state index in [1.807, 2.05) is 0 Å². The molecule has 2 atom stereocenters. The van der Waals surface area contributed by atoms with Crippen molar-refractivity contribution >= 4 is 5.97 Å². The van der Waals surface area contributed by atoms with Gasteiger partial charge in [0.05, 0.1) is 19.9 Å². The average Bonchev–Trinajstić information content (AvgIpc) is 2.94. The third-order valence-electron chi connectivity index (χ3n) is 3.33. The minimum atomic E-state index is -1.79. The lowest BCUT2D eigenvalue weighted by molar-refractivity contribution is -0.554. The highest BCUT2D eigenvalue weighted by Gasteiger charge is 2.64. The van der Waals surface area contributed by atoms with Crippen LogP contribution in [0.2, 0.25) is 0 Å². The van der Waals surface area contributed by atoms with Crippen LogP contribution in [0.4, 0.5) is 0 Å². The maximum atomic E-state index is 11.9. The summed E-state index contributed by atoms with van der Waals surface area (Å²) in [6.45, 7) is 0.391. The molecule has 0 bridgehead atoms. The molecule has 7 nitrogen and oxygen atoms in total. The Balaban J connectivity index is 2.48. The van der Waals surface area contributed by atoms with Crippen LogP contribution in [0, 0.1) is 10.1 Å². The van der Waals surface area contributed by atoms with Gasteiger partial charge in [0.25, 0.3) is 0 Å². The van der Waals surface area contributed by atoms with Crippen molar-refractivity contribution < 1.29 is 18.9 Å². The van der Waals surface area contributed by atoms with E-state index in [2.05, 4.69) is 4.74 Å². The van der Waals surface area contributed by atoms with Crippen molar-refractivity contribution in [1.82, 2.24) is 4.90 Å². The summed E-state index contributed by atoms with van der Waals surface area (Å²) < 4.78 is 9.85. The fraction of sp³-hybridized carbons (Fsp3) is 0.545. The summed E-state index contributed by atoms with van der Waals surface area (Å²) in [5.41, 5.74) is -1.79. The number of likely N-dealkylation sites (N-methyl/N-ethyl adjacent to an activating group) is 1. The SMILES string of the molecule is COC(=O)[C@]1([N+](=O)[O-])CN(C)C[C@H]1c1ccco1. The first kappa shape index (κ1) is 12.6. The molecule has 1 aliphatic rings. The summed E-state index contributed by atoms with van der Waals surface area (Å²) in [7, 11) is 2.88. The second kappa shape index (κ2) is 4.41. The minimum Gasteiger partial charge on any atom is -0.469 e. The van der Waals surface area contributed by atoms with Gasteiger partial charge in [-0.15, -0.1) is 0 Å². The van der Waals surface area contributed by atoms with Gasteiger partial charge in [-0.1, -0.05) is 0 Å². The molecule has 2 rings (SSSR count). The van der Waals surface area contributed by atoms with Crippen LogP contribution in [0.1, 0.15) is 11.7 Å². The van der Waals surface area contributed by atoms with Gasteiger partial charge in [-0.05, 0) is 19.2 Å². The Hall–Kier alpha value is -1.89. The molecule has 1 saturated heterocycles. The summed E-state index contributed by atoms with van der Waals surface area (Å²) >= 11 is 0. The number of carbonyl (C=O) groups is 1. The minimum absolute atomic E-state index is 0.0119. The molecule has 0 saturated carbocycles. The van der Waals surface area contributed by atoms with Gasteiger partial charge in [0, 0.05) is 11.5 Å². The van der Waals surface area contributed by atoms with Crippen LogP contribution < -0.4 is 0 Å². The molecule has 1 fully saturated rings. The summed E-state index contributed by atoms with van der Waals surface area (Å²) in [5, 5.41) is 11.4. The molecule has 0 aromatic carbocycles. The van der Waals surface area contributed by atoms with Gasteiger partial charge in [-0.25, -0.2) is 4.79 Å². The molecular weight excluding hydrogens is 240 g/mol. The Morgan fingerprint density at radius 3 is 2.94 bits per heavy atom. The number of methoxy groups -OCH3 is 1. The largest absolute Gasteiger partial charge is 0.469 e. The highest BCUT2D eigenvalue weighted by atomic mass is 16.6. The highest BCUT2D eigenvalue weighted by Crippen LogP contribution is 2.38. The standard InChI is InChI=1S/C11H14N2O5/c1-12-6-8(9-4-3-5-18-9)11(7-12,13(15)16)10(14)17-2/h3-5,8H,6-7H2,1-2H3/t8-,11-/m0/s1. The highest BCUT2D eigenvalue weighted by molar-refractivity contribution is 5.81. The number of hydrogen-bond donors (Lipinski definition) is 0. The number of hydrogen-bond acceptors (Lipinski definition) is 6. The van der Waals surface area contributed by atoms with Crippen molar-refractivity contribution in [2.45, 2.75) is 11.5 Å². The van der Waals surface area contributed by atoms with Crippen LogP contribution in [-0.2, 0) is 9.53 Å². The number of nitrogens with zero attached hydrogens (tertiary/aromatic N) is 2. The molecule has 0 spiro atoms. The van der Waals surface area contributed by atoms with E-state index in [-0.39, 0.29) is 6.54 Å². The van der Waals surface area contributed by atoms with Crippen molar-refractivity contribution in [1.29, 1.82) is 0 Å². The van der Waals surface area contributed by atoms with E-state index in [4.69, 9.17) is 4.42 Å². The third-order valence-corrected chi connectivity index (χ3v) is 3.33. The van der Waals surface area contributed by atoms with Gasteiger partial charge >= 0.3 is 11.5 Å². The number of rotatable bonds is 3. The second-order valence-corrected chi connectivity index (χ2v) is 4.44. The summed E-state index contributed by atoms with van der Waals surface area (Å²) in [5.74, 6) is -1.04. The zero-order valence-electron chi connectivity index (χ0n) is 10.2. The van der Waals surface area contributed by atoms with E-state index in [0.717, 1.165) is 7.11 Å². The van der Waals surface area contributed by atoms with E-state index < -0.39 is 22.3 Å². The smallest absolute Gasteiger partial charge is 0.386 e. The zero-order chi connectivity index (χ0) is 13.3. The number of likely N-dealkylation sites (tertiary alicyclic amines) is 1. The van der Waals surface area contributed by atoms with E-state index in [9.17, 15) is 14.9 Å². The van der Waals surface area contributed by atoms with Gasteiger partial charge < -0.3 is 9.15 Å². The average molecular weight is 254 g/mol. The maximum Gasteiger partial charge on any atom is 0.386 e. The van der Waals surface area contributed by atoms with E-state index >= 15 is 0 Å². The van der Waals surface area contributed by atoms with Crippen molar-refractivity contribution in [3.8, 4) is 0 Å². The lowest BCUT2D eigenvalue weighted by Gasteiger charge is -2.21. The van der Waals surface area contributed by atoms with E-state index in [1.54, 1.807) is 24.1 Å². The van der Waals surface area contributed by atoms with Gasteiger partial charge in [0.15, 0.2) is 0 Å². The molecule has 7 heteroatoms. The van der Waals surface area contributed by atoms with Crippen LogP contribution in [0.25, 0.3) is 0 Å². The van der Waals surface area contributed by atoms with Crippen LogP contribution in [0.15, 0.2) is 22.8 Å². The molecule has 0 aliphatic carbocycles. The van der Waals surface area contributed by atoms with Gasteiger partial charge in [-0.3, -0.25) is 15.0 Å². The maximum absolute atomic E-state index is 11.9. The molecule has 0 radical (unpaired) electrons. The van der Waals surface area contributed by atoms with Crippen molar-refractivity contribution in [2.75, 3.05) is 27.2 Å². The third kappa shape index (κ3) is 1.67. The molecule has 0 N–H and O–H groups in total. The summed E-state index contributed by atoms with van der Waals surface area (Å²) in [4.78, 5) is 24.5. The second-order valence-electron chi connectivity index (χ2n) is 4.44. The number of ether oxygens (including phenoxy) is 1. The van der Waals surface area contributed by atoms with Crippen LogP contribution in [0.5, 0.6) is 0 Å². The lowest BCUT2D eigenvalue weighted by atomic mass is 9.86. The fourth-order valence-electron chi connectivity index (χ4n) is 2.51. The normalized spacial score (nSPS) is 28.2. The molecule has 1 aliphatic heterocycles. The van der Waals surface area contributed by atoms with Crippen molar-refractivity contribution in [3.63, 3.8) is 0 Å². The Kier molecular flexibility index (Phi) is 3.08. The molecular formula is C11H14N2O5. The summed E-state index contributed by atoms with van der Waals surface area (Å²) in [6.07, 6.45) is 1.44. The van der Waals surface area contributed by atoms with E-state index in [0.29, 0.717) is 12.3 Å². The number of nitro groups is 1. The monoisotopic (exact) mass is 254 g/mol. The van der Waals surface area contributed by atoms with E-state index in [1.165, 1.54) is 6.26 Å². The first-order chi connectivity index (χ1) is 8.52. The van der Waals surface area contributed by atoms with Crippen molar-refractivity contribution in [2.24, 2.45) is 0 Å². The van der Waals surface area contributed by atoms with Crippen LogP contribution in [-0.4, -0.2) is 48.6 Å².